The van der Waals surface area contributed by atoms with Gasteiger partial charge in [0.05, 0.1) is 24.5 Å². The van der Waals surface area contributed by atoms with Gasteiger partial charge in [-0.05, 0) is 123 Å². The monoisotopic (exact) mass is 683 g/mol. The Morgan fingerprint density at radius 2 is 1.89 bits per heavy atom. The number of hydrogen-bond donors (Lipinski definition) is 1. The molecule has 4 heterocycles. The first kappa shape index (κ1) is 32.9. The molecule has 1 N–H and O–H groups in total. The Bertz CT molecular complexity index is 1630. The van der Waals surface area contributed by atoms with E-state index in [0.717, 1.165) is 68.6 Å². The number of carbonyl (C=O) groups is 1. The number of nitrogens with one attached hydrogen (secondary N) is 1. The lowest BCUT2D eigenvalue weighted by Crippen LogP contribution is -2.53. The van der Waals surface area contributed by atoms with Crippen molar-refractivity contribution in [3.8, 4) is 5.75 Å². The number of fused-ring (bicyclic) bond motifs is 5. The van der Waals surface area contributed by atoms with E-state index in [0.29, 0.717) is 37.3 Å². The van der Waals surface area contributed by atoms with Gasteiger partial charge in [0, 0.05) is 50.0 Å². The molecule has 4 aliphatic heterocycles. The van der Waals surface area contributed by atoms with Crippen molar-refractivity contribution in [3.05, 3.63) is 69.8 Å². The number of halogens is 1. The van der Waals surface area contributed by atoms with Gasteiger partial charge in [-0.3, -0.25) is 4.79 Å². The van der Waals surface area contributed by atoms with Gasteiger partial charge in [0.15, 0.2) is 0 Å². The summed E-state index contributed by atoms with van der Waals surface area (Å²) in [6.07, 6.45) is 9.38. The minimum Gasteiger partial charge on any atom is -0.491 e. The largest absolute Gasteiger partial charge is 0.491 e. The first-order valence-corrected chi connectivity index (χ1v) is 19.0. The van der Waals surface area contributed by atoms with E-state index >= 15 is 0 Å². The van der Waals surface area contributed by atoms with Gasteiger partial charge in [-0.1, -0.05) is 23.7 Å². The van der Waals surface area contributed by atoms with Crippen molar-refractivity contribution in [2.45, 2.75) is 83.1 Å². The summed E-state index contributed by atoms with van der Waals surface area (Å²) in [5.74, 6) is 0.796. The Labute approximate surface area is 283 Å². The van der Waals surface area contributed by atoms with Gasteiger partial charge in [0.1, 0.15) is 5.75 Å². The molecule has 6 atom stereocenters. The van der Waals surface area contributed by atoms with Crippen LogP contribution in [-0.2, 0) is 32.6 Å². The van der Waals surface area contributed by atoms with Crippen molar-refractivity contribution in [3.63, 3.8) is 0 Å². The molecule has 1 amide bonds. The van der Waals surface area contributed by atoms with Crippen LogP contribution in [-0.4, -0.2) is 70.3 Å². The summed E-state index contributed by atoms with van der Waals surface area (Å²) in [4.78, 5) is 16.1. The van der Waals surface area contributed by atoms with Crippen LogP contribution in [0.5, 0.6) is 5.75 Å². The fraction of sp³-hybridized carbons (Fsp3) is 0.583. The zero-order chi connectivity index (χ0) is 32.7. The molecule has 0 aromatic heterocycles. The molecule has 2 aromatic rings. The van der Waals surface area contributed by atoms with Crippen LogP contribution in [0.15, 0.2) is 48.0 Å². The van der Waals surface area contributed by atoms with Crippen LogP contribution >= 0.6 is 11.6 Å². The molecule has 47 heavy (non-hydrogen) atoms. The maximum Gasteiger partial charge on any atom is 0.304 e. The second-order valence-corrected chi connectivity index (χ2v) is 16.0. The number of carbonyl (C=O) groups excluding carboxylic acids is 1. The fourth-order valence-electron chi connectivity index (χ4n) is 8.12. The molecule has 2 aliphatic carbocycles. The molecular weight excluding hydrogens is 638 g/mol. The lowest BCUT2D eigenvalue weighted by molar-refractivity contribution is -0.000933. The third-order valence-electron chi connectivity index (χ3n) is 11.0. The highest BCUT2D eigenvalue weighted by Gasteiger charge is 2.45. The molecule has 0 spiro atoms. The van der Waals surface area contributed by atoms with Gasteiger partial charge < -0.3 is 19.1 Å². The molecule has 1 saturated heterocycles. The first-order valence-electron chi connectivity index (χ1n) is 17.2. The van der Waals surface area contributed by atoms with Crippen LogP contribution < -0.4 is 14.4 Å². The molecule has 0 unspecified atom stereocenters. The van der Waals surface area contributed by atoms with Gasteiger partial charge >= 0.3 is 10.2 Å². The Balaban J connectivity index is 1.31. The van der Waals surface area contributed by atoms with Gasteiger partial charge in [-0.2, -0.15) is 12.7 Å². The highest BCUT2D eigenvalue weighted by atomic mass is 35.5. The van der Waals surface area contributed by atoms with Crippen LogP contribution in [0.2, 0.25) is 5.02 Å². The van der Waals surface area contributed by atoms with Crippen molar-refractivity contribution < 1.29 is 27.4 Å². The number of hydrogen-bond acceptors (Lipinski definition) is 7. The number of rotatable bonds is 3. The van der Waals surface area contributed by atoms with Crippen LogP contribution in [0.25, 0.3) is 0 Å². The van der Waals surface area contributed by atoms with Gasteiger partial charge in [-0.15, -0.1) is 0 Å². The molecule has 1 saturated carbocycles. The summed E-state index contributed by atoms with van der Waals surface area (Å²) in [6, 6.07) is 11.1. The summed E-state index contributed by atoms with van der Waals surface area (Å²) in [6.45, 7) is 4.68. The van der Waals surface area contributed by atoms with E-state index in [4.69, 9.17) is 25.8 Å². The zero-order valence-corrected chi connectivity index (χ0v) is 28.9. The second kappa shape index (κ2) is 13.7. The van der Waals surface area contributed by atoms with E-state index in [2.05, 4.69) is 27.8 Å². The van der Waals surface area contributed by atoms with Crippen molar-refractivity contribution in [2.24, 2.45) is 17.8 Å². The van der Waals surface area contributed by atoms with Crippen LogP contribution in [0.1, 0.15) is 73.4 Å². The van der Waals surface area contributed by atoms with E-state index < -0.39 is 16.1 Å². The van der Waals surface area contributed by atoms with Crippen molar-refractivity contribution in [1.29, 1.82) is 0 Å². The lowest BCUT2D eigenvalue weighted by atomic mass is 9.65. The SMILES string of the molecule is CO[C@H]1C2=C[C@H](C2)[C@H](C)N(C[C@H]2CCCO2)S(=O)(=O)NC(=O)c2ccc3c(c2)N(Cc2ccc(Cl)cc2CCCCO3)C[C@@H]2CC[C@H]21. The summed E-state index contributed by atoms with van der Waals surface area (Å²) in [5, 5.41) is 0.723. The predicted octanol–water partition coefficient (Wildman–Crippen LogP) is 5.91. The molecule has 8 rings (SSSR count). The fourth-order valence-corrected chi connectivity index (χ4v) is 9.74. The zero-order valence-electron chi connectivity index (χ0n) is 27.3. The van der Waals surface area contributed by atoms with Gasteiger partial charge in [-0.25, -0.2) is 4.72 Å². The van der Waals surface area contributed by atoms with Crippen LogP contribution in [0.4, 0.5) is 5.69 Å². The normalized spacial score (nSPS) is 31.1. The van der Waals surface area contributed by atoms with Crippen molar-refractivity contribution in [2.75, 3.05) is 38.3 Å². The maximum absolute atomic E-state index is 14.0. The third kappa shape index (κ3) is 6.81. The summed E-state index contributed by atoms with van der Waals surface area (Å²) >= 11 is 6.46. The summed E-state index contributed by atoms with van der Waals surface area (Å²) in [5.41, 5.74) is 4.72. The molecule has 2 fully saturated rings. The number of nitrogens with zero attached hydrogens (tertiary/aromatic N) is 2. The van der Waals surface area contributed by atoms with Gasteiger partial charge in [0.2, 0.25) is 0 Å². The Kier molecular flexibility index (Phi) is 9.59. The van der Waals surface area contributed by atoms with E-state index in [1.165, 1.54) is 21.0 Å². The predicted molar refractivity (Wildman–Crippen MR) is 182 cm³/mol. The van der Waals surface area contributed by atoms with E-state index in [-0.39, 0.29) is 36.3 Å². The highest BCUT2D eigenvalue weighted by molar-refractivity contribution is 7.87. The molecule has 2 aromatic carbocycles. The number of anilines is 1. The minimum atomic E-state index is -4.19. The van der Waals surface area contributed by atoms with Crippen LogP contribution in [0, 0.1) is 17.8 Å². The first-order chi connectivity index (χ1) is 22.7. The third-order valence-corrected chi connectivity index (χ3v) is 12.8. The smallest absolute Gasteiger partial charge is 0.304 e. The number of amides is 1. The molecule has 254 valence electrons. The van der Waals surface area contributed by atoms with Gasteiger partial charge in [0.25, 0.3) is 5.91 Å². The Hall–Kier alpha value is -2.63. The topological polar surface area (TPSA) is 97.4 Å². The molecule has 9 nitrogen and oxygen atoms in total. The number of methoxy groups -OCH3 is 1. The average molecular weight is 684 g/mol. The summed E-state index contributed by atoms with van der Waals surface area (Å²) in [7, 11) is -2.40. The second-order valence-electron chi connectivity index (χ2n) is 13.9. The molecule has 11 heteroatoms. The van der Waals surface area contributed by atoms with Crippen molar-refractivity contribution in [1.82, 2.24) is 9.03 Å². The molecule has 0 radical (unpaired) electrons. The average Bonchev–Trinajstić information content (AvgIpc) is 3.52. The molecule has 6 aliphatic rings. The van der Waals surface area contributed by atoms with E-state index in [9.17, 15) is 13.2 Å². The quantitative estimate of drug-likeness (QED) is 0.402. The maximum atomic E-state index is 14.0. The minimum absolute atomic E-state index is 0.00916. The molecular formula is C36H46ClN3O6S. The standard InChI is InChI=1S/C36H46ClN3O6S/c1-23-28-16-29(17-28)35(44-2)32-12-9-27(32)21-39-20-26-8-11-30(37)18-24(26)6-3-4-14-46-34-13-10-25(19-33(34)39)36(41)38-47(42,43)40(23)22-31-7-5-15-45-31/h8,10-11,13,16,18-19,23,27-28,31-32,35H,3-7,9,12,14-15,17,20-22H2,1-2H3,(H,38,41)/t23-,27-,28+,31+,32+,35-/m0/s1. The van der Waals surface area contributed by atoms with E-state index in [1.807, 2.05) is 19.1 Å². The Morgan fingerprint density at radius 3 is 2.64 bits per heavy atom. The number of ether oxygens (including phenoxy) is 3. The van der Waals surface area contributed by atoms with Crippen molar-refractivity contribution >= 4 is 33.4 Å². The van der Waals surface area contributed by atoms with Crippen LogP contribution in [0.3, 0.4) is 0 Å². The highest BCUT2D eigenvalue weighted by Crippen LogP contribution is 2.47. The van der Waals surface area contributed by atoms with E-state index in [1.54, 1.807) is 19.2 Å². The molecule has 4 bridgehead atoms. The summed E-state index contributed by atoms with van der Waals surface area (Å²) < 4.78 is 50.3. The lowest BCUT2D eigenvalue weighted by Gasteiger charge is -2.47. The number of benzene rings is 2. The number of aryl methyl sites for hydroxylation is 1. The Morgan fingerprint density at radius 1 is 1.04 bits per heavy atom.